The lowest BCUT2D eigenvalue weighted by Gasteiger charge is -2.12. The van der Waals surface area contributed by atoms with Crippen molar-refractivity contribution >= 4 is 76.1 Å². The number of hydrogen-bond donors (Lipinski definition) is 0. The second kappa shape index (κ2) is 13.5. The Balaban J connectivity index is 0.998. The zero-order chi connectivity index (χ0) is 40.7. The standard InChI is InChI=1S/C55H33N7/c1-3-15-34(16-4-1)53-58-54(35-17-5-2-6-18-35)60-55(59-53)62-46-26-14-12-24-43(46)50-48(62)32-31-47-49(50)42-23-11-13-25-45(42)61(47)37-29-27-36(28-30-37)52-56-33-44-40-21-8-7-19-38(40)39-20-9-10-22-41(39)51(44)57-52/h1-33H. The first-order valence-corrected chi connectivity index (χ1v) is 20.8. The minimum absolute atomic E-state index is 0.569. The molecular weight excluding hydrogens is 759 g/mol. The van der Waals surface area contributed by atoms with Crippen LogP contribution in [0.25, 0.3) is 122 Å². The predicted molar refractivity (Wildman–Crippen MR) is 253 cm³/mol. The smallest absolute Gasteiger partial charge is 0.238 e. The van der Waals surface area contributed by atoms with Crippen molar-refractivity contribution in [2.45, 2.75) is 0 Å². The molecule has 0 unspecified atom stereocenters. The molecular formula is C55H33N7. The molecule has 0 aliphatic carbocycles. The highest BCUT2D eigenvalue weighted by molar-refractivity contribution is 6.29. The number of aromatic nitrogens is 7. The third-order valence-corrected chi connectivity index (χ3v) is 12.2. The second-order valence-electron chi connectivity index (χ2n) is 15.7. The normalized spacial score (nSPS) is 11.9. The van der Waals surface area contributed by atoms with Gasteiger partial charge in [-0.15, -0.1) is 0 Å². The van der Waals surface area contributed by atoms with E-state index >= 15 is 0 Å². The minimum atomic E-state index is 0.569. The molecule has 0 bridgehead atoms. The van der Waals surface area contributed by atoms with Crippen molar-refractivity contribution in [2.24, 2.45) is 0 Å². The van der Waals surface area contributed by atoms with E-state index in [0.717, 1.165) is 76.9 Å². The Morgan fingerprint density at radius 1 is 0.290 bits per heavy atom. The molecule has 0 atom stereocenters. The molecule has 9 aromatic carbocycles. The van der Waals surface area contributed by atoms with E-state index in [2.05, 4.69) is 143 Å². The lowest BCUT2D eigenvalue weighted by Crippen LogP contribution is -2.06. The highest BCUT2D eigenvalue weighted by atomic mass is 15.2. The van der Waals surface area contributed by atoms with Crippen molar-refractivity contribution in [3.05, 3.63) is 200 Å². The summed E-state index contributed by atoms with van der Waals surface area (Å²) in [4.78, 5) is 25.5. The van der Waals surface area contributed by atoms with Crippen LogP contribution >= 0.6 is 0 Å². The van der Waals surface area contributed by atoms with Crippen LogP contribution in [-0.4, -0.2) is 34.1 Å². The molecule has 62 heavy (non-hydrogen) atoms. The van der Waals surface area contributed by atoms with Gasteiger partial charge in [0.2, 0.25) is 5.95 Å². The average molecular weight is 792 g/mol. The van der Waals surface area contributed by atoms with Gasteiger partial charge in [0.1, 0.15) is 0 Å². The van der Waals surface area contributed by atoms with Crippen LogP contribution in [-0.2, 0) is 0 Å². The van der Waals surface area contributed by atoms with Gasteiger partial charge < -0.3 is 4.57 Å². The summed E-state index contributed by atoms with van der Waals surface area (Å²) in [5, 5.41) is 10.4. The van der Waals surface area contributed by atoms with Crippen LogP contribution in [0, 0.1) is 0 Å². The zero-order valence-electron chi connectivity index (χ0n) is 33.2. The number of rotatable bonds is 5. The maximum Gasteiger partial charge on any atom is 0.238 e. The summed E-state index contributed by atoms with van der Waals surface area (Å²) in [5.41, 5.74) is 9.12. The van der Waals surface area contributed by atoms with Crippen LogP contribution in [0.1, 0.15) is 0 Å². The monoisotopic (exact) mass is 791 g/mol. The fraction of sp³-hybridized carbons (Fsp3) is 0. The van der Waals surface area contributed by atoms with Gasteiger partial charge in [-0.05, 0) is 64.7 Å². The summed E-state index contributed by atoms with van der Waals surface area (Å²) < 4.78 is 4.56. The number of hydrogen-bond acceptors (Lipinski definition) is 5. The van der Waals surface area contributed by atoms with E-state index in [-0.39, 0.29) is 0 Å². The molecule has 13 rings (SSSR count). The van der Waals surface area contributed by atoms with E-state index in [4.69, 9.17) is 24.9 Å². The Morgan fingerprint density at radius 2 is 0.742 bits per heavy atom. The van der Waals surface area contributed by atoms with E-state index in [1.54, 1.807) is 0 Å². The fourth-order valence-electron chi connectivity index (χ4n) is 9.47. The van der Waals surface area contributed by atoms with Gasteiger partial charge in [0.25, 0.3) is 0 Å². The fourth-order valence-corrected chi connectivity index (χ4v) is 9.47. The van der Waals surface area contributed by atoms with Gasteiger partial charge in [0, 0.05) is 60.9 Å². The van der Waals surface area contributed by atoms with E-state index < -0.39 is 0 Å². The van der Waals surface area contributed by atoms with Crippen molar-refractivity contribution in [1.82, 2.24) is 34.1 Å². The van der Waals surface area contributed by atoms with Crippen LogP contribution in [0.5, 0.6) is 0 Å². The van der Waals surface area contributed by atoms with E-state index in [0.29, 0.717) is 23.4 Å². The van der Waals surface area contributed by atoms with Gasteiger partial charge in [-0.25, -0.2) is 15.0 Å². The molecule has 4 heterocycles. The second-order valence-corrected chi connectivity index (χ2v) is 15.7. The molecule has 0 saturated carbocycles. The molecule has 7 nitrogen and oxygen atoms in total. The Morgan fingerprint density at radius 3 is 1.34 bits per heavy atom. The molecule has 0 amide bonds. The summed E-state index contributed by atoms with van der Waals surface area (Å²) in [5.74, 6) is 2.51. The Bertz CT molecular complexity index is 3820. The Labute approximate surface area is 354 Å². The van der Waals surface area contributed by atoms with Gasteiger partial charge in [-0.2, -0.15) is 9.97 Å². The van der Waals surface area contributed by atoms with Gasteiger partial charge in [0.05, 0.1) is 27.6 Å². The number of fused-ring (bicyclic) bond motifs is 13. The first-order chi connectivity index (χ1) is 30.8. The Kier molecular flexibility index (Phi) is 7.47. The Hall–Kier alpha value is -8.55. The molecule has 0 aliphatic rings. The molecule has 0 aliphatic heterocycles. The van der Waals surface area contributed by atoms with Crippen molar-refractivity contribution in [3.63, 3.8) is 0 Å². The van der Waals surface area contributed by atoms with Gasteiger partial charge in [-0.1, -0.05) is 146 Å². The van der Waals surface area contributed by atoms with Crippen LogP contribution in [0.15, 0.2) is 200 Å². The third-order valence-electron chi connectivity index (χ3n) is 12.2. The maximum absolute atomic E-state index is 5.22. The van der Waals surface area contributed by atoms with Gasteiger partial charge in [0.15, 0.2) is 17.5 Å². The molecule has 0 N–H and O–H groups in total. The topological polar surface area (TPSA) is 74.3 Å². The number of benzene rings is 9. The van der Waals surface area contributed by atoms with Crippen LogP contribution in [0.3, 0.4) is 0 Å². The number of para-hydroxylation sites is 2. The summed E-state index contributed by atoms with van der Waals surface area (Å²) in [6.45, 7) is 0. The molecule has 4 aromatic heterocycles. The molecule has 0 saturated heterocycles. The maximum atomic E-state index is 5.22. The summed E-state index contributed by atoms with van der Waals surface area (Å²) >= 11 is 0. The molecule has 0 spiro atoms. The number of nitrogens with zero attached hydrogens (tertiary/aromatic N) is 7. The van der Waals surface area contributed by atoms with Gasteiger partial charge >= 0.3 is 0 Å². The summed E-state index contributed by atoms with van der Waals surface area (Å²) in [6, 6.07) is 67.6. The largest absolute Gasteiger partial charge is 0.309 e. The van der Waals surface area contributed by atoms with Crippen LogP contribution in [0.4, 0.5) is 0 Å². The van der Waals surface area contributed by atoms with E-state index in [1.165, 1.54) is 21.5 Å². The summed E-state index contributed by atoms with van der Waals surface area (Å²) in [6.07, 6.45) is 1.98. The highest BCUT2D eigenvalue weighted by Crippen LogP contribution is 2.42. The molecule has 13 aromatic rings. The average Bonchev–Trinajstić information content (AvgIpc) is 3.87. The highest BCUT2D eigenvalue weighted by Gasteiger charge is 2.23. The zero-order valence-corrected chi connectivity index (χ0v) is 33.2. The molecule has 7 heteroatoms. The third kappa shape index (κ3) is 5.15. The van der Waals surface area contributed by atoms with Crippen molar-refractivity contribution < 1.29 is 0 Å². The molecule has 0 fully saturated rings. The van der Waals surface area contributed by atoms with E-state index in [1.807, 2.05) is 66.9 Å². The quantitative estimate of drug-likeness (QED) is 0.162. The summed E-state index contributed by atoms with van der Waals surface area (Å²) in [7, 11) is 0. The van der Waals surface area contributed by atoms with E-state index in [9.17, 15) is 0 Å². The lowest BCUT2D eigenvalue weighted by atomic mass is 9.98. The predicted octanol–water partition coefficient (Wildman–Crippen LogP) is 13.3. The first-order valence-electron chi connectivity index (χ1n) is 20.8. The van der Waals surface area contributed by atoms with Crippen LogP contribution < -0.4 is 0 Å². The molecule has 288 valence electrons. The van der Waals surface area contributed by atoms with Crippen molar-refractivity contribution in [3.8, 4) is 45.8 Å². The van der Waals surface area contributed by atoms with Crippen LogP contribution in [0.2, 0.25) is 0 Å². The van der Waals surface area contributed by atoms with Crippen molar-refractivity contribution in [1.29, 1.82) is 0 Å². The van der Waals surface area contributed by atoms with Crippen molar-refractivity contribution in [2.75, 3.05) is 0 Å². The lowest BCUT2D eigenvalue weighted by molar-refractivity contribution is 0.953. The molecule has 0 radical (unpaired) electrons. The minimum Gasteiger partial charge on any atom is -0.309 e. The first kappa shape index (κ1) is 34.3. The van der Waals surface area contributed by atoms with Gasteiger partial charge in [-0.3, -0.25) is 4.57 Å². The SMILES string of the molecule is c1ccc(-c2nc(-c3ccccc3)nc(-n3c4ccccc4c4c5c6ccccc6n(-c6ccc(-c7ncc8c9ccccc9c9ccccc9c8n7)cc6)c5ccc43)n2)cc1.